The molecule has 1 aliphatic rings. The first-order valence-electron chi connectivity index (χ1n) is 7.44. The topological polar surface area (TPSA) is 63.4 Å². The molecule has 0 radical (unpaired) electrons. The molecule has 4 nitrogen and oxygen atoms in total. The van der Waals surface area contributed by atoms with E-state index in [9.17, 15) is 8.42 Å². The maximum atomic E-state index is 12.2. The smallest absolute Gasteiger partial charge is 0.156 e. The van der Waals surface area contributed by atoms with Crippen LogP contribution in [0.1, 0.15) is 52.9 Å². The van der Waals surface area contributed by atoms with Crippen LogP contribution < -0.4 is 5.73 Å². The molecule has 5 heteroatoms. The summed E-state index contributed by atoms with van der Waals surface area (Å²) < 4.78 is 23.7. The molecule has 2 N–H and O–H groups in total. The molecule has 1 aliphatic carbocycles. The average molecular weight is 290 g/mol. The van der Waals surface area contributed by atoms with Crippen LogP contribution >= 0.6 is 0 Å². The van der Waals surface area contributed by atoms with Gasteiger partial charge < -0.3 is 5.73 Å². The van der Waals surface area contributed by atoms with Gasteiger partial charge in [0.15, 0.2) is 9.84 Å². The number of nitrogens with two attached hydrogens (primary N) is 1. The predicted molar refractivity (Wildman–Crippen MR) is 81.0 cm³/mol. The minimum atomic E-state index is -3.02. The van der Waals surface area contributed by atoms with E-state index >= 15 is 0 Å². The number of rotatable bonds is 7. The van der Waals surface area contributed by atoms with Crippen molar-refractivity contribution in [3.8, 4) is 0 Å². The van der Waals surface area contributed by atoms with Crippen LogP contribution in [0.15, 0.2) is 0 Å². The van der Waals surface area contributed by atoms with Crippen LogP contribution in [0.3, 0.4) is 0 Å². The van der Waals surface area contributed by atoms with E-state index in [-0.39, 0.29) is 5.75 Å². The van der Waals surface area contributed by atoms with Gasteiger partial charge in [-0.05, 0) is 53.1 Å². The summed E-state index contributed by atoms with van der Waals surface area (Å²) in [5.41, 5.74) is 5.58. The summed E-state index contributed by atoms with van der Waals surface area (Å²) in [5, 5.41) is 0. The highest BCUT2D eigenvalue weighted by Gasteiger charge is 2.30. The van der Waals surface area contributed by atoms with E-state index in [4.69, 9.17) is 5.73 Å². The molecule has 19 heavy (non-hydrogen) atoms. The second-order valence-corrected chi connectivity index (χ2v) is 9.41. The van der Waals surface area contributed by atoms with Crippen molar-refractivity contribution in [2.45, 2.75) is 63.7 Å². The van der Waals surface area contributed by atoms with E-state index in [1.54, 1.807) is 20.8 Å². The Morgan fingerprint density at radius 3 is 2.21 bits per heavy atom. The van der Waals surface area contributed by atoms with Crippen molar-refractivity contribution in [3.05, 3.63) is 0 Å². The van der Waals surface area contributed by atoms with E-state index < -0.39 is 14.6 Å². The molecule has 0 aromatic heterocycles. The Morgan fingerprint density at radius 2 is 1.74 bits per heavy atom. The van der Waals surface area contributed by atoms with Gasteiger partial charge in [-0.25, -0.2) is 8.42 Å². The van der Waals surface area contributed by atoms with Crippen molar-refractivity contribution < 1.29 is 8.42 Å². The van der Waals surface area contributed by atoms with Crippen LogP contribution in [-0.4, -0.2) is 49.5 Å². The molecule has 114 valence electrons. The highest BCUT2D eigenvalue weighted by molar-refractivity contribution is 7.92. The molecule has 0 amide bonds. The molecule has 0 atom stereocenters. The Balaban J connectivity index is 2.57. The Hall–Kier alpha value is -0.130. The Morgan fingerprint density at radius 1 is 1.16 bits per heavy atom. The molecule has 0 aromatic rings. The number of hydrogen-bond acceptors (Lipinski definition) is 4. The first-order chi connectivity index (χ1) is 8.78. The fourth-order valence-electron chi connectivity index (χ4n) is 2.58. The Labute approximate surface area is 118 Å². The van der Waals surface area contributed by atoms with E-state index in [1.807, 2.05) is 0 Å². The van der Waals surface area contributed by atoms with Gasteiger partial charge in [0.2, 0.25) is 0 Å². The van der Waals surface area contributed by atoms with Gasteiger partial charge in [-0.1, -0.05) is 12.8 Å². The Bertz CT molecular complexity index is 354. The fourth-order valence-corrected chi connectivity index (χ4v) is 3.67. The molecule has 0 aliphatic heterocycles. The van der Waals surface area contributed by atoms with Gasteiger partial charge in [-0.15, -0.1) is 0 Å². The molecular weight excluding hydrogens is 260 g/mol. The second-order valence-electron chi connectivity index (χ2n) is 6.55. The van der Waals surface area contributed by atoms with Crippen molar-refractivity contribution in [2.75, 3.05) is 25.4 Å². The third-order valence-corrected chi connectivity index (χ3v) is 6.66. The first kappa shape index (κ1) is 16.9. The summed E-state index contributed by atoms with van der Waals surface area (Å²) in [6.45, 7) is 7.60. The summed E-state index contributed by atoms with van der Waals surface area (Å²) in [7, 11) is -3.02. The average Bonchev–Trinajstić information content (AvgIpc) is 2.81. The van der Waals surface area contributed by atoms with E-state index in [1.165, 1.54) is 25.7 Å². The van der Waals surface area contributed by atoms with Crippen molar-refractivity contribution in [2.24, 2.45) is 5.73 Å². The number of hydrogen-bond donors (Lipinski definition) is 1. The van der Waals surface area contributed by atoms with Crippen molar-refractivity contribution in [1.29, 1.82) is 0 Å². The lowest BCUT2D eigenvalue weighted by atomic mass is 10.2. The lowest BCUT2D eigenvalue weighted by Crippen LogP contribution is -2.41. The quantitative estimate of drug-likeness (QED) is 0.776. The number of nitrogens with zero attached hydrogens (tertiary/aromatic N) is 1. The first-order valence-corrected chi connectivity index (χ1v) is 9.09. The summed E-state index contributed by atoms with van der Waals surface area (Å²) in [5.74, 6) is 0.261. The SMILES string of the molecule is CC(C)(C)S(=O)(=O)CCN(CCCN)C1CCCC1. The summed E-state index contributed by atoms with van der Waals surface area (Å²) in [4.78, 5) is 2.35. The zero-order valence-electron chi connectivity index (χ0n) is 12.7. The van der Waals surface area contributed by atoms with Crippen LogP contribution in [0.4, 0.5) is 0 Å². The fraction of sp³-hybridized carbons (Fsp3) is 1.00. The number of sulfone groups is 1. The largest absolute Gasteiger partial charge is 0.330 e. The van der Waals surface area contributed by atoms with Crippen LogP contribution in [0, 0.1) is 0 Å². The van der Waals surface area contributed by atoms with Gasteiger partial charge >= 0.3 is 0 Å². The third-order valence-electron chi connectivity index (χ3n) is 4.07. The van der Waals surface area contributed by atoms with Gasteiger partial charge in [-0.2, -0.15) is 0 Å². The maximum Gasteiger partial charge on any atom is 0.156 e. The zero-order valence-corrected chi connectivity index (χ0v) is 13.5. The predicted octanol–water partition coefficient (Wildman–Crippen LogP) is 1.79. The van der Waals surface area contributed by atoms with Crippen LogP contribution in [0.5, 0.6) is 0 Å². The summed E-state index contributed by atoms with van der Waals surface area (Å²) >= 11 is 0. The van der Waals surface area contributed by atoms with Crippen molar-refractivity contribution >= 4 is 9.84 Å². The van der Waals surface area contributed by atoms with Crippen LogP contribution in [0.25, 0.3) is 0 Å². The lowest BCUT2D eigenvalue weighted by molar-refractivity contribution is 0.208. The molecule has 0 unspecified atom stereocenters. The lowest BCUT2D eigenvalue weighted by Gasteiger charge is -2.30. The maximum absolute atomic E-state index is 12.2. The van der Waals surface area contributed by atoms with Crippen LogP contribution in [0.2, 0.25) is 0 Å². The van der Waals surface area contributed by atoms with Crippen molar-refractivity contribution in [1.82, 2.24) is 4.90 Å². The highest BCUT2D eigenvalue weighted by Crippen LogP contribution is 2.24. The van der Waals surface area contributed by atoms with Crippen LogP contribution in [-0.2, 0) is 9.84 Å². The third kappa shape index (κ3) is 5.04. The summed E-state index contributed by atoms with van der Waals surface area (Å²) in [6.07, 6.45) is 5.91. The minimum absolute atomic E-state index is 0.261. The van der Waals surface area contributed by atoms with Gasteiger partial charge in [0.25, 0.3) is 0 Å². The monoisotopic (exact) mass is 290 g/mol. The molecule has 1 rings (SSSR count). The summed E-state index contributed by atoms with van der Waals surface area (Å²) in [6, 6.07) is 0.571. The molecule has 0 heterocycles. The van der Waals surface area contributed by atoms with Gasteiger partial charge in [-0.3, -0.25) is 4.90 Å². The molecule has 0 bridgehead atoms. The Kier molecular flexibility index (Phi) is 6.27. The van der Waals surface area contributed by atoms with Crippen molar-refractivity contribution in [3.63, 3.8) is 0 Å². The standard InChI is InChI=1S/C14H30N2O2S/c1-14(2,3)19(17,18)12-11-16(10-6-9-15)13-7-4-5-8-13/h13H,4-12,15H2,1-3H3. The molecule has 0 spiro atoms. The van der Waals surface area contributed by atoms with E-state index in [0.29, 0.717) is 19.1 Å². The van der Waals surface area contributed by atoms with E-state index in [0.717, 1.165) is 13.0 Å². The molecule has 1 fully saturated rings. The highest BCUT2D eigenvalue weighted by atomic mass is 32.2. The molecule has 0 aromatic carbocycles. The van der Waals surface area contributed by atoms with Gasteiger partial charge in [0, 0.05) is 12.6 Å². The zero-order chi connectivity index (χ0) is 14.5. The molecule has 1 saturated carbocycles. The second kappa shape index (κ2) is 7.04. The van der Waals surface area contributed by atoms with Gasteiger partial charge in [0.05, 0.1) is 10.5 Å². The van der Waals surface area contributed by atoms with E-state index in [2.05, 4.69) is 4.90 Å². The van der Waals surface area contributed by atoms with Gasteiger partial charge in [0.1, 0.15) is 0 Å². The molecule has 0 saturated heterocycles. The molecular formula is C14H30N2O2S. The normalized spacial score (nSPS) is 18.4. The minimum Gasteiger partial charge on any atom is -0.330 e.